The van der Waals surface area contributed by atoms with E-state index < -0.39 is 13.4 Å². The van der Waals surface area contributed by atoms with Crippen LogP contribution in [0.25, 0.3) is 0 Å². The number of rotatable bonds is 13. The quantitative estimate of drug-likeness (QED) is 0.0844. The zero-order valence-corrected chi connectivity index (χ0v) is 25.0. The molecule has 0 aliphatic heterocycles. The van der Waals surface area contributed by atoms with Crippen LogP contribution in [0.4, 0.5) is 0 Å². The average Bonchev–Trinajstić information content (AvgIpc) is 2.61. The molecule has 0 atom stereocenters. The van der Waals surface area contributed by atoms with Gasteiger partial charge in [-0.3, -0.25) is 0 Å². The van der Waals surface area contributed by atoms with Gasteiger partial charge in [0, 0.05) is 19.5 Å². The van der Waals surface area contributed by atoms with Gasteiger partial charge in [-0.1, -0.05) is 90.4 Å². The molecule has 1 aromatic carbocycles. The van der Waals surface area contributed by atoms with Crippen molar-refractivity contribution in [2.24, 2.45) is 0 Å². The zero-order valence-electron chi connectivity index (χ0n) is 18.6. The molecular formula is C20H39O6P2S2Zn-. The van der Waals surface area contributed by atoms with Crippen LogP contribution in [0, 0.1) is 6.07 Å². The van der Waals surface area contributed by atoms with Crippen molar-refractivity contribution in [2.75, 3.05) is 0 Å². The Kier molecular flexibility index (Phi) is 28.3. The molecule has 31 heavy (non-hydrogen) atoms. The first-order chi connectivity index (χ1) is 13.9. The number of aryl methyl sites for hydroxylation is 1. The maximum Gasteiger partial charge on any atom is 0.319 e. The van der Waals surface area contributed by atoms with Crippen LogP contribution in [0.5, 0.6) is 0 Å². The van der Waals surface area contributed by atoms with Gasteiger partial charge in [0.25, 0.3) is 0 Å². The summed E-state index contributed by atoms with van der Waals surface area (Å²) >= 11 is 7.21. The molecule has 0 radical (unpaired) electrons. The molecule has 11 heteroatoms. The summed E-state index contributed by atoms with van der Waals surface area (Å²) < 4.78 is 0. The van der Waals surface area contributed by atoms with Gasteiger partial charge in [-0.2, -0.15) is 35.9 Å². The SMILES string of the molecule is CCCCCCCCCCCCCCc1[c-]cccc1.OP(O)(O)=S.OP(O)(O)=S.[Zn]. The molecule has 0 heterocycles. The van der Waals surface area contributed by atoms with E-state index in [-0.39, 0.29) is 19.5 Å². The molecule has 0 aliphatic carbocycles. The van der Waals surface area contributed by atoms with E-state index in [0.29, 0.717) is 0 Å². The second-order valence-corrected chi connectivity index (χ2v) is 12.0. The van der Waals surface area contributed by atoms with Crippen LogP contribution in [-0.4, -0.2) is 29.4 Å². The monoisotopic (exact) mass is 565 g/mol. The Morgan fingerprint density at radius 2 is 1.03 bits per heavy atom. The maximum absolute atomic E-state index is 7.56. The van der Waals surface area contributed by atoms with Gasteiger partial charge < -0.3 is 29.4 Å². The van der Waals surface area contributed by atoms with Crippen molar-refractivity contribution in [3.05, 3.63) is 35.9 Å². The predicted molar refractivity (Wildman–Crippen MR) is 132 cm³/mol. The molecule has 0 aromatic heterocycles. The Balaban J connectivity index is -0.000000595. The number of hydrogen-bond acceptors (Lipinski definition) is 2. The van der Waals surface area contributed by atoms with Crippen LogP contribution in [0.15, 0.2) is 24.3 Å². The van der Waals surface area contributed by atoms with Crippen LogP contribution in [0.2, 0.25) is 0 Å². The standard InChI is InChI=1S/C20H33.2H3O3PS.Zn/c1-2-3-4-5-6-7-8-9-10-11-12-14-17-20-18-15-13-16-19-20;2*1-4(2,3)5;/h13,15-16,18H,2-12,14,17H2,1H3;2*(H3,1,2,3,5);/q-1;;;. The molecule has 0 saturated carbocycles. The van der Waals surface area contributed by atoms with E-state index in [2.05, 4.69) is 48.7 Å². The van der Waals surface area contributed by atoms with Crippen molar-refractivity contribution >= 4 is 37.1 Å². The summed E-state index contributed by atoms with van der Waals surface area (Å²) in [4.78, 5) is 45.3. The first-order valence-corrected chi connectivity index (χ1v) is 15.8. The fraction of sp³-hybridized carbons (Fsp3) is 0.700. The minimum atomic E-state index is -3.81. The summed E-state index contributed by atoms with van der Waals surface area (Å²) in [5.41, 5.74) is 1.37. The topological polar surface area (TPSA) is 121 Å². The van der Waals surface area contributed by atoms with Gasteiger partial charge in [0.2, 0.25) is 0 Å². The molecule has 0 bridgehead atoms. The van der Waals surface area contributed by atoms with Gasteiger partial charge in [-0.25, -0.2) is 0 Å². The molecule has 1 rings (SSSR count). The predicted octanol–water partition coefficient (Wildman–Crippen LogP) is 5.10. The Labute approximate surface area is 211 Å². The smallest absolute Gasteiger partial charge is 0.319 e. The van der Waals surface area contributed by atoms with Gasteiger partial charge in [-0.15, -0.1) is 0 Å². The van der Waals surface area contributed by atoms with Crippen LogP contribution < -0.4 is 0 Å². The van der Waals surface area contributed by atoms with Crippen molar-refractivity contribution in [3.63, 3.8) is 0 Å². The number of benzene rings is 1. The normalized spacial score (nSPS) is 10.8. The van der Waals surface area contributed by atoms with E-state index in [0.717, 1.165) is 0 Å². The van der Waals surface area contributed by atoms with Gasteiger partial charge in [0.1, 0.15) is 0 Å². The third-order valence-electron chi connectivity index (χ3n) is 4.07. The van der Waals surface area contributed by atoms with E-state index in [1.165, 1.54) is 89.0 Å². The molecule has 0 spiro atoms. The Bertz CT molecular complexity index is 548. The first-order valence-electron chi connectivity index (χ1n) is 10.5. The minimum Gasteiger partial charge on any atom is -0.325 e. The maximum atomic E-state index is 7.56. The Morgan fingerprint density at radius 1 is 0.677 bits per heavy atom. The van der Waals surface area contributed by atoms with Crippen LogP contribution in [0.1, 0.15) is 89.5 Å². The summed E-state index contributed by atoms with van der Waals surface area (Å²) in [6.45, 7) is -5.32. The Morgan fingerprint density at radius 3 is 1.35 bits per heavy atom. The molecule has 0 amide bonds. The third kappa shape index (κ3) is 49.2. The average molecular weight is 567 g/mol. The van der Waals surface area contributed by atoms with E-state index in [1.54, 1.807) is 0 Å². The van der Waals surface area contributed by atoms with Crippen LogP contribution in [0.3, 0.4) is 0 Å². The van der Waals surface area contributed by atoms with Crippen molar-refractivity contribution in [3.8, 4) is 0 Å². The van der Waals surface area contributed by atoms with E-state index in [4.69, 9.17) is 29.4 Å². The first kappa shape index (κ1) is 36.5. The van der Waals surface area contributed by atoms with Gasteiger partial charge >= 0.3 is 13.4 Å². The molecule has 180 valence electrons. The number of hydrogen-bond donors (Lipinski definition) is 6. The molecule has 6 N–H and O–H groups in total. The molecule has 0 fully saturated rings. The fourth-order valence-electron chi connectivity index (χ4n) is 2.74. The molecular weight excluding hydrogens is 528 g/mol. The summed E-state index contributed by atoms with van der Waals surface area (Å²) in [5, 5.41) is 0. The second kappa shape index (κ2) is 24.0. The summed E-state index contributed by atoms with van der Waals surface area (Å²) in [7, 11) is 0. The number of unbranched alkanes of at least 4 members (excludes halogenated alkanes) is 11. The van der Waals surface area contributed by atoms with Crippen molar-refractivity contribution < 1.29 is 48.8 Å². The molecule has 0 saturated heterocycles. The summed E-state index contributed by atoms with van der Waals surface area (Å²) in [6.07, 6.45) is 18.3. The molecule has 0 aliphatic rings. The van der Waals surface area contributed by atoms with Crippen molar-refractivity contribution in [1.29, 1.82) is 0 Å². The van der Waals surface area contributed by atoms with Crippen molar-refractivity contribution in [1.82, 2.24) is 0 Å². The molecule has 6 nitrogen and oxygen atoms in total. The van der Waals surface area contributed by atoms with Crippen LogP contribution >= 0.6 is 13.4 Å². The van der Waals surface area contributed by atoms with E-state index in [1.807, 2.05) is 12.1 Å². The van der Waals surface area contributed by atoms with Crippen molar-refractivity contribution in [2.45, 2.75) is 90.4 Å². The van der Waals surface area contributed by atoms with E-state index >= 15 is 0 Å². The van der Waals surface area contributed by atoms with Gasteiger partial charge in [0.05, 0.1) is 0 Å². The largest absolute Gasteiger partial charge is 0.325 e. The zero-order chi connectivity index (χ0) is 23.3. The Hall–Kier alpha value is 0.903. The van der Waals surface area contributed by atoms with Gasteiger partial charge in [-0.05, 0) is 23.6 Å². The van der Waals surface area contributed by atoms with Gasteiger partial charge in [0.15, 0.2) is 0 Å². The summed E-state index contributed by atoms with van der Waals surface area (Å²) in [6, 6.07) is 11.7. The molecule has 1 aromatic rings. The third-order valence-corrected chi connectivity index (χ3v) is 4.07. The second-order valence-electron chi connectivity index (χ2n) is 7.05. The van der Waals surface area contributed by atoms with E-state index in [9.17, 15) is 0 Å². The minimum absolute atomic E-state index is 0. The fourth-order valence-corrected chi connectivity index (χ4v) is 2.74. The summed E-state index contributed by atoms with van der Waals surface area (Å²) in [5.74, 6) is 0. The molecule has 0 unspecified atom stereocenters. The van der Waals surface area contributed by atoms with Crippen LogP contribution in [-0.2, 0) is 49.5 Å².